The van der Waals surface area contributed by atoms with Crippen molar-refractivity contribution in [2.75, 3.05) is 81.4 Å². The molecule has 23 heteroatoms. The lowest BCUT2D eigenvalue weighted by atomic mass is 9.73. The number of amides is 3. The number of halogens is 5. The molecule has 0 radical (unpaired) electrons. The molecule has 1 aliphatic carbocycles. The number of rotatable bonds is 19. The van der Waals surface area contributed by atoms with E-state index in [-0.39, 0.29) is 42.0 Å². The van der Waals surface area contributed by atoms with E-state index in [0.29, 0.717) is 74.5 Å². The second kappa shape index (κ2) is 25.3. The number of hydrogen-bond donors (Lipinski definition) is 3. The lowest BCUT2D eigenvalue weighted by molar-refractivity contribution is -0.134. The van der Waals surface area contributed by atoms with Gasteiger partial charge >= 0.3 is 5.51 Å². The van der Waals surface area contributed by atoms with Crippen molar-refractivity contribution in [3.05, 3.63) is 148 Å². The smallest absolute Gasteiger partial charge is 0.380 e. The highest BCUT2D eigenvalue weighted by Gasteiger charge is 2.49. The van der Waals surface area contributed by atoms with Crippen molar-refractivity contribution in [3.8, 4) is 0 Å². The first kappa shape index (κ1) is 59.7. The van der Waals surface area contributed by atoms with E-state index in [1.807, 2.05) is 52.1 Å². The average molecular weight is 1190 g/mol. The lowest BCUT2D eigenvalue weighted by Gasteiger charge is -2.39. The number of benzene rings is 4. The molecule has 1 unspecified atom stereocenters. The molecule has 9 rings (SSSR count). The number of piperidine rings is 1. The Bertz CT molecular complexity index is 3360. The van der Waals surface area contributed by atoms with Gasteiger partial charge in [0.25, 0.3) is 25.8 Å². The van der Waals surface area contributed by atoms with E-state index in [2.05, 4.69) is 56.3 Å². The maximum Gasteiger partial charge on any atom is 0.501 e. The van der Waals surface area contributed by atoms with E-state index < -0.39 is 70.4 Å². The van der Waals surface area contributed by atoms with Gasteiger partial charge in [-0.3, -0.25) is 34.5 Å². The molecule has 3 saturated heterocycles. The predicted octanol–water partition coefficient (Wildman–Crippen LogP) is 9.37. The third kappa shape index (κ3) is 14.9. The lowest BCUT2D eigenvalue weighted by Crippen LogP contribution is -2.47. The summed E-state index contributed by atoms with van der Waals surface area (Å²) >= 11 is 7.60. The van der Waals surface area contributed by atoms with Gasteiger partial charge < -0.3 is 15.1 Å². The van der Waals surface area contributed by atoms with Crippen LogP contribution in [0.15, 0.2) is 130 Å². The minimum absolute atomic E-state index is 0.0364. The number of anilines is 2. The molecular weight excluding hydrogens is 1130 g/mol. The van der Waals surface area contributed by atoms with Crippen LogP contribution in [0.2, 0.25) is 5.02 Å². The fourth-order valence-corrected chi connectivity index (χ4v) is 14.1. The Morgan fingerprint density at radius 3 is 2.19 bits per heavy atom. The molecule has 3 N–H and O–H groups in total. The molecule has 15 nitrogen and oxygen atoms in total. The molecule has 0 bridgehead atoms. The van der Waals surface area contributed by atoms with E-state index in [0.717, 1.165) is 67.8 Å². The molecule has 0 saturated carbocycles. The van der Waals surface area contributed by atoms with Crippen LogP contribution in [0.4, 0.5) is 28.9 Å². The highest BCUT2D eigenvalue weighted by molar-refractivity contribution is 7.99. The Kier molecular flexibility index (Phi) is 18.7. The first-order valence-corrected chi connectivity index (χ1v) is 31.3. The molecule has 81 heavy (non-hydrogen) atoms. The van der Waals surface area contributed by atoms with Crippen LogP contribution in [-0.2, 0) is 36.0 Å². The number of pyridine rings is 1. The van der Waals surface area contributed by atoms with E-state index >= 15 is 4.39 Å². The Labute approximate surface area is 479 Å². The average Bonchev–Trinajstić information content (AvgIpc) is 3.43. The fraction of sp³-hybridized carbons (Fsp3) is 0.414. The second-order valence-corrected chi connectivity index (χ2v) is 27.0. The quantitative estimate of drug-likeness (QED) is 0.0404. The van der Waals surface area contributed by atoms with Crippen molar-refractivity contribution in [1.29, 1.82) is 0 Å². The zero-order chi connectivity index (χ0) is 57.7. The number of thioether (sulfide) groups is 1. The molecule has 0 spiro atoms. The van der Waals surface area contributed by atoms with Crippen molar-refractivity contribution in [2.24, 2.45) is 5.41 Å². The topological polar surface area (TPSA) is 181 Å². The summed E-state index contributed by atoms with van der Waals surface area (Å²) < 4.78 is 115. The van der Waals surface area contributed by atoms with Gasteiger partial charge in [0.05, 0.1) is 22.7 Å². The van der Waals surface area contributed by atoms with Crippen LogP contribution >= 0.6 is 23.4 Å². The van der Waals surface area contributed by atoms with Gasteiger partial charge in [-0.2, -0.15) is 13.2 Å². The molecule has 3 amide bonds. The Morgan fingerprint density at radius 1 is 0.840 bits per heavy atom. The minimum Gasteiger partial charge on any atom is -0.380 e. The number of hydrogen-bond acceptors (Lipinski definition) is 14. The highest BCUT2D eigenvalue weighted by Crippen LogP contribution is 2.43. The van der Waals surface area contributed by atoms with Crippen LogP contribution in [0, 0.1) is 11.2 Å². The van der Waals surface area contributed by atoms with Gasteiger partial charge in [0, 0.05) is 123 Å². The predicted molar refractivity (Wildman–Crippen MR) is 306 cm³/mol. The third-order valence-corrected chi connectivity index (χ3v) is 19.9. The van der Waals surface area contributed by atoms with E-state index in [1.54, 1.807) is 12.1 Å². The van der Waals surface area contributed by atoms with Crippen LogP contribution < -0.4 is 20.3 Å². The van der Waals surface area contributed by atoms with Gasteiger partial charge in [-0.15, -0.1) is 11.8 Å². The molecule has 432 valence electrons. The summed E-state index contributed by atoms with van der Waals surface area (Å²) in [6, 6.07) is 25.3. The van der Waals surface area contributed by atoms with Crippen molar-refractivity contribution < 1.29 is 48.8 Å². The summed E-state index contributed by atoms with van der Waals surface area (Å²) in [6.45, 7) is 11.1. The normalized spacial score (nSPS) is 19.3. The summed E-state index contributed by atoms with van der Waals surface area (Å²) in [7, 11) is -11.1. The molecule has 3 aliphatic heterocycles. The summed E-state index contributed by atoms with van der Waals surface area (Å²) in [5, 5.41) is 6.03. The van der Waals surface area contributed by atoms with Crippen molar-refractivity contribution in [2.45, 2.75) is 91.1 Å². The first-order valence-electron chi connectivity index (χ1n) is 26.9. The zero-order valence-electron chi connectivity index (χ0n) is 45.0. The number of carbonyl (C=O) groups is 3. The molecule has 5 aromatic rings. The number of sulfonamides is 1. The van der Waals surface area contributed by atoms with Crippen LogP contribution in [0.5, 0.6) is 0 Å². The van der Waals surface area contributed by atoms with Gasteiger partial charge in [-0.05, 0) is 121 Å². The van der Waals surface area contributed by atoms with E-state index in [1.165, 1.54) is 46.8 Å². The van der Waals surface area contributed by atoms with Gasteiger partial charge in [0.1, 0.15) is 10.7 Å². The number of allylic oxidation sites excluding steroid dienone is 1. The fourth-order valence-electron chi connectivity index (χ4n) is 11.0. The molecule has 4 heterocycles. The van der Waals surface area contributed by atoms with Crippen LogP contribution in [-0.4, -0.2) is 137 Å². The number of piperazine rings is 2. The number of aromatic nitrogens is 1. The largest absolute Gasteiger partial charge is 0.501 e. The van der Waals surface area contributed by atoms with Gasteiger partial charge in [0.2, 0.25) is 11.8 Å². The SMILES string of the molecule is CC1(C)CCC(c2ccc(Cl)cc2)=C(CN2CCN(c3ccc(C(=O)NS(=O)(=O)c4ccc(N[C@H](CCN5CCN(Cc6c(F)cncc6C6CCC(=O)NC6=O)CC5)CSc5ccccc5)c(S(=O)(=O)C(F)(F)F)c4)cc3)CC2)C1. The van der Waals surface area contributed by atoms with E-state index in [4.69, 9.17) is 11.6 Å². The Morgan fingerprint density at radius 2 is 1.51 bits per heavy atom. The van der Waals surface area contributed by atoms with Crippen LogP contribution in [0.3, 0.4) is 0 Å². The first-order chi connectivity index (χ1) is 38.5. The number of nitrogens with one attached hydrogen (secondary N) is 3. The summed E-state index contributed by atoms with van der Waals surface area (Å²) in [6.07, 6.45) is 6.34. The monoisotopic (exact) mass is 1190 g/mol. The molecule has 3 fully saturated rings. The summed E-state index contributed by atoms with van der Waals surface area (Å²) in [4.78, 5) is 49.5. The number of nitrogens with zero attached hydrogens (tertiary/aromatic N) is 5. The van der Waals surface area contributed by atoms with Crippen molar-refractivity contribution in [3.63, 3.8) is 0 Å². The second-order valence-electron chi connectivity index (χ2n) is 21.8. The number of sulfone groups is 1. The molecule has 2 atom stereocenters. The van der Waals surface area contributed by atoms with Crippen molar-refractivity contribution >= 4 is 77.9 Å². The maximum atomic E-state index is 15.3. The third-order valence-electron chi connectivity index (χ3n) is 15.6. The summed E-state index contributed by atoms with van der Waals surface area (Å²) in [5.41, 5.74) is -0.546. The van der Waals surface area contributed by atoms with Gasteiger partial charge in [0.15, 0.2) is 0 Å². The Hall–Kier alpha value is -5.88. The highest BCUT2D eigenvalue weighted by atomic mass is 35.5. The zero-order valence-corrected chi connectivity index (χ0v) is 48.2. The Balaban J connectivity index is 0.843. The van der Waals surface area contributed by atoms with Gasteiger partial charge in [-0.1, -0.05) is 61.4 Å². The molecule has 4 aliphatic rings. The maximum absolute atomic E-state index is 15.3. The molecule has 4 aromatic carbocycles. The van der Waals surface area contributed by atoms with Gasteiger partial charge in [-0.25, -0.2) is 25.9 Å². The number of carbonyl (C=O) groups excluding carboxylic acids is 3. The minimum atomic E-state index is -6.16. The standard InChI is InChI=1S/C58H65ClF4N8O7S3/c1-57(2)22-20-47(39-8-12-42(59)13-9-39)41(33-57)36-69-28-30-71(31-29-69)44-14-10-40(11-15-44)55(73)67-81(77,78)46-16-18-52(53(32-46)80(75,76)58(61,62)63)65-43(38-79-45-6-4-3-5-7-45)21-23-68-24-26-70(27-25-68)37-50-49(34-64-35-51(50)60)48-17-19-54(72)66-56(48)74/h3-16,18,32,34-35,43,48,65H,17,19-31,33,36-38H2,1-2H3,(H,67,73)(H,66,72,74)/t43-,48?/m1/s1. The summed E-state index contributed by atoms with van der Waals surface area (Å²) in [5.74, 6) is -2.96. The van der Waals surface area contributed by atoms with Crippen LogP contribution in [0.25, 0.3) is 5.57 Å². The van der Waals surface area contributed by atoms with E-state index in [9.17, 15) is 44.4 Å². The number of alkyl halides is 3. The number of imide groups is 1. The van der Waals surface area contributed by atoms with Crippen molar-refractivity contribution in [1.82, 2.24) is 29.7 Å². The molecular formula is C58H65ClF4N8O7S3. The van der Waals surface area contributed by atoms with Crippen LogP contribution in [0.1, 0.15) is 85.3 Å². The molecule has 1 aromatic heterocycles.